The van der Waals surface area contributed by atoms with E-state index in [1.54, 1.807) is 12.4 Å². The first-order chi connectivity index (χ1) is 10.6. The summed E-state index contributed by atoms with van der Waals surface area (Å²) in [6.45, 7) is 4.14. The van der Waals surface area contributed by atoms with Crippen molar-refractivity contribution in [1.29, 1.82) is 0 Å². The number of amides is 1. The molecule has 2 aromatic carbocycles. The molecule has 0 atom stereocenters. The van der Waals surface area contributed by atoms with Gasteiger partial charge in [0.1, 0.15) is 0 Å². The molecule has 0 spiro atoms. The number of pyridine rings is 1. The monoisotopic (exact) mass is 290 g/mol. The highest BCUT2D eigenvalue weighted by Crippen LogP contribution is 2.22. The van der Waals surface area contributed by atoms with Gasteiger partial charge in [-0.1, -0.05) is 30.3 Å². The molecule has 0 aliphatic heterocycles. The van der Waals surface area contributed by atoms with Crippen LogP contribution in [0.15, 0.2) is 54.9 Å². The summed E-state index contributed by atoms with van der Waals surface area (Å²) in [6, 6.07) is 13.9. The molecule has 22 heavy (non-hydrogen) atoms. The number of aryl methyl sites for hydroxylation is 2. The Bertz CT molecular complexity index is 834. The van der Waals surface area contributed by atoms with E-state index >= 15 is 0 Å². The normalized spacial score (nSPS) is 10.6. The van der Waals surface area contributed by atoms with Gasteiger partial charge in [-0.2, -0.15) is 0 Å². The van der Waals surface area contributed by atoms with Crippen LogP contribution in [-0.4, -0.2) is 10.9 Å². The van der Waals surface area contributed by atoms with Crippen molar-refractivity contribution in [1.82, 2.24) is 4.98 Å². The minimum absolute atomic E-state index is 0.00688. The van der Waals surface area contributed by atoms with Crippen LogP contribution >= 0.6 is 0 Å². The van der Waals surface area contributed by atoms with Crippen LogP contribution in [0, 0.1) is 13.8 Å². The highest BCUT2D eigenvalue weighted by molar-refractivity contribution is 6.02. The van der Waals surface area contributed by atoms with Gasteiger partial charge in [-0.3, -0.25) is 9.78 Å². The fourth-order valence-corrected chi connectivity index (χ4v) is 2.52. The van der Waals surface area contributed by atoms with Crippen molar-refractivity contribution in [3.63, 3.8) is 0 Å². The zero-order valence-electron chi connectivity index (χ0n) is 12.8. The summed E-state index contributed by atoms with van der Waals surface area (Å²) in [5.41, 5.74) is 4.31. The van der Waals surface area contributed by atoms with E-state index < -0.39 is 0 Å². The average molecular weight is 290 g/mol. The number of hydrogen-bond donors (Lipinski definition) is 1. The standard InChI is InChI=1S/C19H18N2O/c1-13-6-7-15(10-14(13)2)11-19(22)21-18-5-3-4-16-12-20-9-8-17(16)18/h3-10,12H,11H2,1-2H3,(H,21,22). The Morgan fingerprint density at radius 2 is 1.95 bits per heavy atom. The predicted molar refractivity (Wildman–Crippen MR) is 90.0 cm³/mol. The molecule has 0 saturated carbocycles. The molecule has 1 amide bonds. The summed E-state index contributed by atoms with van der Waals surface area (Å²) in [4.78, 5) is 16.4. The van der Waals surface area contributed by atoms with Crippen molar-refractivity contribution in [3.8, 4) is 0 Å². The van der Waals surface area contributed by atoms with Gasteiger partial charge in [0.2, 0.25) is 5.91 Å². The molecule has 3 heteroatoms. The maximum Gasteiger partial charge on any atom is 0.228 e. The number of anilines is 1. The Kier molecular flexibility index (Phi) is 3.88. The molecule has 1 heterocycles. The molecule has 1 N–H and O–H groups in total. The minimum Gasteiger partial charge on any atom is -0.325 e. The molecule has 0 saturated heterocycles. The first-order valence-corrected chi connectivity index (χ1v) is 7.32. The van der Waals surface area contributed by atoms with Gasteiger partial charge in [0.15, 0.2) is 0 Å². The lowest BCUT2D eigenvalue weighted by atomic mass is 10.0. The molecule has 3 rings (SSSR count). The molecule has 0 fully saturated rings. The van der Waals surface area contributed by atoms with Gasteiger partial charge < -0.3 is 5.32 Å². The molecule has 0 bridgehead atoms. The molecule has 0 aliphatic rings. The van der Waals surface area contributed by atoms with Crippen LogP contribution in [0.4, 0.5) is 5.69 Å². The second-order valence-corrected chi connectivity index (χ2v) is 5.55. The van der Waals surface area contributed by atoms with Crippen LogP contribution in [0.2, 0.25) is 0 Å². The Hall–Kier alpha value is -2.68. The van der Waals surface area contributed by atoms with E-state index in [2.05, 4.69) is 36.3 Å². The number of fused-ring (bicyclic) bond motifs is 1. The predicted octanol–water partition coefficient (Wildman–Crippen LogP) is 4.03. The lowest BCUT2D eigenvalue weighted by Gasteiger charge is -2.09. The number of rotatable bonds is 3. The number of benzene rings is 2. The highest BCUT2D eigenvalue weighted by Gasteiger charge is 2.07. The van der Waals surface area contributed by atoms with E-state index in [1.165, 1.54) is 11.1 Å². The van der Waals surface area contributed by atoms with Gasteiger partial charge in [0.05, 0.1) is 6.42 Å². The lowest BCUT2D eigenvalue weighted by Crippen LogP contribution is -2.14. The van der Waals surface area contributed by atoms with Gasteiger partial charge >= 0.3 is 0 Å². The summed E-state index contributed by atoms with van der Waals surface area (Å²) in [7, 11) is 0. The van der Waals surface area contributed by atoms with E-state index in [1.807, 2.05) is 30.3 Å². The van der Waals surface area contributed by atoms with Crippen molar-refractivity contribution in [2.75, 3.05) is 5.32 Å². The average Bonchev–Trinajstić information content (AvgIpc) is 2.51. The van der Waals surface area contributed by atoms with Crippen LogP contribution in [0.5, 0.6) is 0 Å². The fourth-order valence-electron chi connectivity index (χ4n) is 2.52. The van der Waals surface area contributed by atoms with Gasteiger partial charge in [0, 0.05) is 28.9 Å². The maximum atomic E-state index is 12.3. The van der Waals surface area contributed by atoms with Crippen LogP contribution in [-0.2, 0) is 11.2 Å². The minimum atomic E-state index is -0.00688. The topological polar surface area (TPSA) is 42.0 Å². The smallest absolute Gasteiger partial charge is 0.228 e. The quantitative estimate of drug-likeness (QED) is 0.791. The molecule has 0 aliphatic carbocycles. The zero-order valence-corrected chi connectivity index (χ0v) is 12.8. The van der Waals surface area contributed by atoms with Gasteiger partial charge in [0.25, 0.3) is 0 Å². The molecule has 0 radical (unpaired) electrons. The van der Waals surface area contributed by atoms with Crippen LogP contribution in [0.25, 0.3) is 10.8 Å². The van der Waals surface area contributed by atoms with Crippen LogP contribution in [0.3, 0.4) is 0 Å². The van der Waals surface area contributed by atoms with Gasteiger partial charge in [-0.05, 0) is 42.7 Å². The largest absolute Gasteiger partial charge is 0.325 e. The molecular weight excluding hydrogens is 272 g/mol. The number of carbonyl (C=O) groups excluding carboxylic acids is 1. The molecule has 3 aromatic rings. The van der Waals surface area contributed by atoms with E-state index in [4.69, 9.17) is 0 Å². The Morgan fingerprint density at radius 1 is 1.09 bits per heavy atom. The number of nitrogens with zero attached hydrogens (tertiary/aromatic N) is 1. The highest BCUT2D eigenvalue weighted by atomic mass is 16.1. The van der Waals surface area contributed by atoms with E-state index in [-0.39, 0.29) is 5.91 Å². The van der Waals surface area contributed by atoms with E-state index in [9.17, 15) is 4.79 Å². The van der Waals surface area contributed by atoms with Gasteiger partial charge in [-0.25, -0.2) is 0 Å². The van der Waals surface area contributed by atoms with Crippen LogP contribution < -0.4 is 5.32 Å². The summed E-state index contributed by atoms with van der Waals surface area (Å²) in [5, 5.41) is 5.03. The van der Waals surface area contributed by atoms with Crippen molar-refractivity contribution < 1.29 is 4.79 Å². The number of carbonyl (C=O) groups is 1. The Morgan fingerprint density at radius 3 is 2.77 bits per heavy atom. The van der Waals surface area contributed by atoms with Gasteiger partial charge in [-0.15, -0.1) is 0 Å². The Labute approximate surface area is 130 Å². The van der Waals surface area contributed by atoms with E-state index in [0.29, 0.717) is 6.42 Å². The SMILES string of the molecule is Cc1ccc(CC(=O)Nc2cccc3cnccc23)cc1C. The summed E-state index contributed by atoms with van der Waals surface area (Å²) in [6.07, 6.45) is 3.91. The summed E-state index contributed by atoms with van der Waals surface area (Å²) < 4.78 is 0. The zero-order chi connectivity index (χ0) is 15.5. The van der Waals surface area contributed by atoms with Crippen molar-refractivity contribution >= 4 is 22.4 Å². The first kappa shape index (κ1) is 14.3. The van der Waals surface area contributed by atoms with Crippen molar-refractivity contribution in [2.45, 2.75) is 20.3 Å². The van der Waals surface area contributed by atoms with Crippen molar-refractivity contribution in [2.24, 2.45) is 0 Å². The second kappa shape index (κ2) is 5.98. The summed E-state index contributed by atoms with van der Waals surface area (Å²) in [5.74, 6) is -0.00688. The number of hydrogen-bond acceptors (Lipinski definition) is 2. The number of aromatic nitrogens is 1. The molecule has 1 aromatic heterocycles. The third kappa shape index (κ3) is 2.98. The van der Waals surface area contributed by atoms with E-state index in [0.717, 1.165) is 22.0 Å². The molecule has 3 nitrogen and oxygen atoms in total. The Balaban J connectivity index is 1.80. The fraction of sp³-hybridized carbons (Fsp3) is 0.158. The molecule has 110 valence electrons. The van der Waals surface area contributed by atoms with Crippen molar-refractivity contribution in [3.05, 3.63) is 71.5 Å². The second-order valence-electron chi connectivity index (χ2n) is 5.55. The third-order valence-electron chi connectivity index (χ3n) is 3.89. The maximum absolute atomic E-state index is 12.3. The molecule has 0 unspecified atom stereocenters. The lowest BCUT2D eigenvalue weighted by molar-refractivity contribution is -0.115. The first-order valence-electron chi connectivity index (χ1n) is 7.32. The van der Waals surface area contributed by atoms with Crippen LogP contribution in [0.1, 0.15) is 16.7 Å². The number of nitrogens with one attached hydrogen (secondary N) is 1. The molecular formula is C19H18N2O. The third-order valence-corrected chi connectivity index (χ3v) is 3.89. The summed E-state index contributed by atoms with van der Waals surface area (Å²) >= 11 is 0.